The average molecular weight is 464 g/mol. The summed E-state index contributed by atoms with van der Waals surface area (Å²) >= 11 is 1.70. The third kappa shape index (κ3) is 5220. The van der Waals surface area contributed by atoms with Crippen LogP contribution < -0.4 is 0 Å². The van der Waals surface area contributed by atoms with Crippen LogP contribution in [-0.4, -0.2) is 10.2 Å². The topological polar surface area (TPSA) is 149 Å². The molecule has 0 spiro atoms. The van der Waals surface area contributed by atoms with Crippen LogP contribution >= 0.6 is 0 Å². The van der Waals surface area contributed by atoms with E-state index in [1.807, 2.05) is 0 Å². The van der Waals surface area contributed by atoms with Crippen molar-refractivity contribution in [3.8, 4) is 0 Å². The molecule has 0 amide bonds. The molecule has 0 atom stereocenters. The van der Waals surface area contributed by atoms with Crippen molar-refractivity contribution in [1.82, 2.24) is 0 Å². The van der Waals surface area contributed by atoms with Crippen molar-refractivity contribution >= 4 is 0 Å². The molecular formula is Ag3N2O7. The van der Waals surface area contributed by atoms with Crippen molar-refractivity contribution in [3.05, 3.63) is 30.6 Å². The van der Waals surface area contributed by atoms with E-state index >= 15 is 0 Å². The predicted octanol–water partition coefficient (Wildman–Crippen LogP) is -0.605. The molecule has 0 bridgehead atoms. The first-order valence-corrected chi connectivity index (χ1v) is 1.82. The molecule has 0 N–H and O–H groups in total. The van der Waals surface area contributed by atoms with Crippen molar-refractivity contribution in [2.75, 3.05) is 0 Å². The second kappa shape index (κ2) is 30.1. The number of hydrogen-bond acceptors (Lipinski definition) is 7. The molecule has 12 heteroatoms. The van der Waals surface area contributed by atoms with Crippen LogP contribution in [0.5, 0.6) is 0 Å². The maximum absolute atomic E-state index is 8.25. The van der Waals surface area contributed by atoms with E-state index in [9.17, 15) is 0 Å². The fraction of sp³-hybridized carbons (Fsp3) is 0. The van der Waals surface area contributed by atoms with Gasteiger partial charge in [0.2, 0.25) is 0 Å². The third-order valence-electron chi connectivity index (χ3n) is 0. The van der Waals surface area contributed by atoms with Gasteiger partial charge in [0.15, 0.2) is 0 Å². The van der Waals surface area contributed by atoms with Crippen LogP contribution in [0.1, 0.15) is 0 Å². The van der Waals surface area contributed by atoms with E-state index in [0.717, 1.165) is 0 Å². The zero-order chi connectivity index (χ0) is 9.15. The van der Waals surface area contributed by atoms with Crippen molar-refractivity contribution in [2.45, 2.75) is 0 Å². The molecule has 0 aliphatic rings. The van der Waals surface area contributed by atoms with Crippen LogP contribution in [0, 0.1) is 30.6 Å². The molecule has 0 aromatic heterocycles. The minimum absolute atomic E-state index is 0. The Morgan fingerprint density at radius 1 is 0.750 bits per heavy atom. The quantitative estimate of drug-likeness (QED) is 0.264. The van der Waals surface area contributed by atoms with Gasteiger partial charge in [-0.2, -0.15) is 0 Å². The zero-order valence-electron chi connectivity index (χ0n) is 4.66. The summed E-state index contributed by atoms with van der Waals surface area (Å²) in [4.78, 5) is 16.5. The van der Waals surface area contributed by atoms with Gasteiger partial charge in [-0.15, -0.1) is 0 Å². The van der Waals surface area contributed by atoms with Gasteiger partial charge in [0, 0.05) is 0 Å². The fourth-order valence-corrected chi connectivity index (χ4v) is 0. The van der Waals surface area contributed by atoms with E-state index in [4.69, 9.17) is 33.9 Å². The molecule has 0 aromatic carbocycles. The summed E-state index contributed by atoms with van der Waals surface area (Å²) in [5.41, 5.74) is 0. The molecule has 12 heavy (non-hydrogen) atoms. The molecule has 0 heterocycles. The second-order valence-electron chi connectivity index (χ2n) is 0.447. The Hall–Kier alpha value is 0.421. The first kappa shape index (κ1) is 29.4. The molecular weight excluding hydrogens is 464 g/mol. The summed E-state index contributed by atoms with van der Waals surface area (Å²) in [5, 5.41) is 29.5. The van der Waals surface area contributed by atoms with Gasteiger partial charge in [-0.3, -0.25) is 0 Å². The summed E-state index contributed by atoms with van der Waals surface area (Å²) in [7, 11) is 0. The SMILES string of the molecule is O=[N+]([O-])[O-].O=[N+]([O-])[O-].[Ag+].[Ag+].[O]=[Ag]. The second-order valence-corrected chi connectivity index (χ2v) is 0.447. The summed E-state index contributed by atoms with van der Waals surface area (Å²) in [6, 6.07) is 0. The van der Waals surface area contributed by atoms with Gasteiger partial charge in [-0.05, 0) is 0 Å². The van der Waals surface area contributed by atoms with Crippen LogP contribution in [0.25, 0.3) is 0 Å². The minimum atomic E-state index is -1.75. The van der Waals surface area contributed by atoms with Gasteiger partial charge >= 0.3 is 69.1 Å². The molecule has 0 rings (SSSR count). The standard InChI is InChI=1S/3Ag.2NO3.O/c;;;2*2-1(3)4;/q;2*+1;2*-1;. The molecule has 0 saturated carbocycles. The Kier molecular flexibility index (Phi) is 73.8. The van der Waals surface area contributed by atoms with Crippen molar-refractivity contribution in [3.63, 3.8) is 0 Å². The van der Waals surface area contributed by atoms with Gasteiger partial charge in [0.1, 0.15) is 0 Å². The summed E-state index contributed by atoms with van der Waals surface area (Å²) in [6.45, 7) is 0. The zero-order valence-corrected chi connectivity index (χ0v) is 9.10. The normalized spacial score (nSPS) is 4.50. The monoisotopic (exact) mass is 461 g/mol. The van der Waals surface area contributed by atoms with E-state index in [0.29, 0.717) is 0 Å². The Bertz CT molecular complexity index is 84.8. The molecule has 0 aliphatic carbocycles. The van der Waals surface area contributed by atoms with Crippen LogP contribution in [-0.2, 0) is 69.1 Å². The molecule has 0 radical (unpaired) electrons. The molecule has 0 fully saturated rings. The van der Waals surface area contributed by atoms with Gasteiger partial charge < -0.3 is 30.6 Å². The van der Waals surface area contributed by atoms with Gasteiger partial charge in [0.25, 0.3) is 0 Å². The maximum atomic E-state index is 8.25. The Morgan fingerprint density at radius 3 is 0.750 bits per heavy atom. The van der Waals surface area contributed by atoms with Crippen molar-refractivity contribution < 1.29 is 79.2 Å². The molecule has 0 aliphatic heterocycles. The summed E-state index contributed by atoms with van der Waals surface area (Å²) in [6.07, 6.45) is 0. The van der Waals surface area contributed by atoms with Gasteiger partial charge in [-0.25, -0.2) is 0 Å². The van der Waals surface area contributed by atoms with Crippen molar-refractivity contribution in [1.29, 1.82) is 0 Å². The average Bonchev–Trinajstić information content (AvgIpc) is 1.66. The van der Waals surface area contributed by atoms with Crippen LogP contribution in [0.4, 0.5) is 0 Å². The van der Waals surface area contributed by atoms with Crippen molar-refractivity contribution in [2.24, 2.45) is 0 Å². The molecule has 0 saturated heterocycles. The third-order valence-corrected chi connectivity index (χ3v) is 0. The first-order chi connectivity index (χ1) is 4.46. The molecule has 0 aromatic rings. The van der Waals surface area contributed by atoms with E-state index in [1.54, 1.807) is 21.0 Å². The Labute approximate surface area is 109 Å². The Morgan fingerprint density at radius 2 is 0.750 bits per heavy atom. The summed E-state index contributed by atoms with van der Waals surface area (Å²) in [5.74, 6) is 0. The number of rotatable bonds is 0. The Balaban J connectivity index is -0.0000000198. The van der Waals surface area contributed by atoms with Crippen LogP contribution in [0.3, 0.4) is 0 Å². The van der Waals surface area contributed by atoms with E-state index in [1.165, 1.54) is 0 Å². The van der Waals surface area contributed by atoms with E-state index in [2.05, 4.69) is 0 Å². The predicted molar refractivity (Wildman–Crippen MR) is 21.4 cm³/mol. The molecule has 9 nitrogen and oxygen atoms in total. The fourth-order valence-electron chi connectivity index (χ4n) is 0. The van der Waals surface area contributed by atoms with Gasteiger partial charge in [0.05, 0.1) is 10.2 Å². The van der Waals surface area contributed by atoms with E-state index < -0.39 is 10.2 Å². The van der Waals surface area contributed by atoms with E-state index in [-0.39, 0.29) is 44.8 Å². The first-order valence-electron chi connectivity index (χ1n) is 1.22. The number of nitrogens with zero attached hydrogens (tertiary/aromatic N) is 2. The molecule has 0 unspecified atom stereocenters. The number of hydrogen-bond donors (Lipinski definition) is 0. The molecule has 85 valence electrons. The summed E-state index contributed by atoms with van der Waals surface area (Å²) < 4.78 is 8.06. The van der Waals surface area contributed by atoms with Crippen LogP contribution in [0.15, 0.2) is 0 Å². The van der Waals surface area contributed by atoms with Gasteiger partial charge in [-0.1, -0.05) is 0 Å². The van der Waals surface area contributed by atoms with Crippen LogP contribution in [0.2, 0.25) is 0 Å².